The summed E-state index contributed by atoms with van der Waals surface area (Å²) in [5.74, 6) is -1.07. The number of hydrogen-bond acceptors (Lipinski definition) is 15. The van der Waals surface area contributed by atoms with Crippen molar-refractivity contribution in [2.45, 2.75) is 43.0 Å². The van der Waals surface area contributed by atoms with E-state index in [1.54, 1.807) is 0 Å². The summed E-state index contributed by atoms with van der Waals surface area (Å²) in [5.41, 5.74) is 4.76. The highest BCUT2D eigenvalue weighted by molar-refractivity contribution is 8.47. The first kappa shape index (κ1) is 31.1. The Morgan fingerprint density at radius 1 is 1.07 bits per heavy atom. The van der Waals surface area contributed by atoms with Gasteiger partial charge in [-0.15, -0.1) is 0 Å². The number of ether oxygens (including phenoxy) is 2. The molecule has 0 aliphatic carbocycles. The monoisotopic (exact) mass is 705 g/mol. The molecule has 0 amide bonds. The minimum atomic E-state index is -3.74. The lowest BCUT2D eigenvalue weighted by Crippen LogP contribution is -2.34. The van der Waals surface area contributed by atoms with Crippen LogP contribution in [0.25, 0.3) is 22.3 Å². The van der Waals surface area contributed by atoms with Gasteiger partial charge in [-0.3, -0.25) is 23.7 Å². The van der Waals surface area contributed by atoms with Crippen molar-refractivity contribution >= 4 is 71.7 Å². The lowest BCUT2D eigenvalue weighted by atomic mass is 10.0. The molecule has 3 aliphatic rings. The maximum atomic E-state index is 16.1. The molecule has 7 heterocycles. The van der Waals surface area contributed by atoms with Crippen molar-refractivity contribution < 1.29 is 37.4 Å². The highest BCUT2D eigenvalue weighted by atomic mass is 32.7. The zero-order valence-electron chi connectivity index (χ0n) is 22.8. The fourth-order valence-corrected chi connectivity index (χ4v) is 9.40. The molecule has 10 atom stereocenters. The van der Waals surface area contributed by atoms with Gasteiger partial charge in [0.2, 0.25) is 5.95 Å². The number of nitrogens with one attached hydrogen (secondary N) is 2. The lowest BCUT2D eigenvalue weighted by Gasteiger charge is -2.29. The minimum absolute atomic E-state index is 0.0215. The van der Waals surface area contributed by atoms with E-state index in [0.717, 1.165) is 6.33 Å². The molecule has 3 fully saturated rings. The van der Waals surface area contributed by atoms with Crippen molar-refractivity contribution in [3.8, 4) is 0 Å². The average molecular weight is 706 g/mol. The third-order valence-corrected chi connectivity index (χ3v) is 11.7. The number of halogens is 1. The van der Waals surface area contributed by atoms with Crippen molar-refractivity contribution in [3.05, 3.63) is 39.7 Å². The van der Waals surface area contributed by atoms with E-state index in [0.29, 0.717) is 0 Å². The fourth-order valence-electron chi connectivity index (χ4n) is 5.69. The molecule has 23 heteroatoms. The highest BCUT2D eigenvalue weighted by Gasteiger charge is 2.52. The molecule has 3 aliphatic heterocycles. The predicted octanol–water partition coefficient (Wildman–Crippen LogP) is -0.197. The Morgan fingerprint density at radius 2 is 1.73 bits per heavy atom. The van der Waals surface area contributed by atoms with Crippen LogP contribution in [0.1, 0.15) is 12.5 Å². The Morgan fingerprint density at radius 3 is 2.49 bits per heavy atom. The number of hydrogen-bond donors (Lipinski definition) is 6. The van der Waals surface area contributed by atoms with E-state index in [-0.39, 0.29) is 41.0 Å². The first-order valence-corrected chi connectivity index (χ1v) is 19.1. The molecule has 18 nitrogen and oxygen atoms in total. The average Bonchev–Trinajstić information content (AvgIpc) is 3.72. The number of aliphatic hydroxyl groups is 1. The Balaban J connectivity index is 1.21. The molecule has 0 radical (unpaired) electrons. The fraction of sp³-hybridized carbons (Fsp3) is 0.500. The summed E-state index contributed by atoms with van der Waals surface area (Å²) in [7, 11) is 0. The van der Waals surface area contributed by atoms with E-state index in [1.807, 2.05) is 0 Å². The molecule has 3 saturated heterocycles. The highest BCUT2D eigenvalue weighted by Crippen LogP contribution is 2.58. The van der Waals surface area contributed by atoms with Crippen molar-refractivity contribution in [2.24, 2.45) is 5.92 Å². The molecule has 45 heavy (non-hydrogen) atoms. The van der Waals surface area contributed by atoms with Crippen LogP contribution in [0.2, 0.25) is 0 Å². The maximum Gasteiger partial charge on any atom is 0.280 e. The molecule has 0 spiro atoms. The molecule has 2 bridgehead atoms. The molecule has 242 valence electrons. The van der Waals surface area contributed by atoms with Gasteiger partial charge in [-0.1, -0.05) is 12.2 Å². The Kier molecular flexibility index (Phi) is 7.81. The van der Waals surface area contributed by atoms with Gasteiger partial charge in [-0.25, -0.2) is 19.3 Å². The number of aromatic amines is 2. The molecular formula is C22H26FN9O9P2S2. The number of nitrogens with two attached hydrogens (primary N) is 1. The third-order valence-electron chi connectivity index (χ3n) is 7.74. The summed E-state index contributed by atoms with van der Waals surface area (Å²) in [6, 6.07) is 0. The summed E-state index contributed by atoms with van der Waals surface area (Å²) < 4.78 is 48.5. The van der Waals surface area contributed by atoms with Gasteiger partial charge in [-0.2, -0.15) is 4.98 Å². The van der Waals surface area contributed by atoms with Crippen molar-refractivity contribution in [1.29, 1.82) is 0 Å². The number of imidazole rings is 2. The summed E-state index contributed by atoms with van der Waals surface area (Å²) >= 11 is 9.92. The van der Waals surface area contributed by atoms with Crippen molar-refractivity contribution in [3.63, 3.8) is 0 Å². The van der Waals surface area contributed by atoms with E-state index < -0.39 is 79.7 Å². The molecular weight excluding hydrogens is 679 g/mol. The van der Waals surface area contributed by atoms with Gasteiger partial charge in [0, 0.05) is 12.1 Å². The largest absolute Gasteiger partial charge is 0.390 e. The number of aromatic nitrogens is 8. The van der Waals surface area contributed by atoms with Crippen LogP contribution < -0.4 is 16.9 Å². The van der Waals surface area contributed by atoms with Crippen LogP contribution in [0.5, 0.6) is 0 Å². The van der Waals surface area contributed by atoms with Gasteiger partial charge in [0.25, 0.3) is 11.1 Å². The topological polar surface area (TPSA) is 240 Å². The van der Waals surface area contributed by atoms with Crippen LogP contribution in [0.4, 0.5) is 10.3 Å². The molecule has 0 aromatic carbocycles. The maximum absolute atomic E-state index is 16.1. The van der Waals surface area contributed by atoms with Crippen LogP contribution in [0.3, 0.4) is 0 Å². The SMILES string of the molecule is C=P1(S)OC[C@H]2O[C@@H](n3cnc4c(=O)[nH]c(N)nc43)[C@H](CP(O)(=S)OC[C@H]3O[C@@H](n4cnc5c(=O)[nH]cnc54)[C@@H](F)[C@@H]3O1)[C@@H]2O. The quantitative estimate of drug-likeness (QED) is 0.117. The van der Waals surface area contributed by atoms with E-state index in [2.05, 4.69) is 48.5 Å². The molecule has 4 aromatic heterocycles. The van der Waals surface area contributed by atoms with Gasteiger partial charge in [0.15, 0.2) is 47.8 Å². The van der Waals surface area contributed by atoms with Gasteiger partial charge in [0.05, 0.1) is 38.3 Å². The Labute approximate surface area is 261 Å². The summed E-state index contributed by atoms with van der Waals surface area (Å²) in [4.78, 5) is 57.0. The molecule has 7 rings (SSSR count). The first-order valence-electron chi connectivity index (χ1n) is 13.3. The van der Waals surface area contributed by atoms with E-state index in [1.165, 1.54) is 21.8 Å². The van der Waals surface area contributed by atoms with Crippen LogP contribution in [-0.2, 0) is 34.9 Å². The summed E-state index contributed by atoms with van der Waals surface area (Å²) in [6.07, 6.45) is -1.78. The number of fused-ring (bicyclic) bond motifs is 5. The van der Waals surface area contributed by atoms with Gasteiger partial charge < -0.3 is 43.8 Å². The van der Waals surface area contributed by atoms with Crippen molar-refractivity contribution in [1.82, 2.24) is 39.0 Å². The summed E-state index contributed by atoms with van der Waals surface area (Å²) in [5, 5.41) is 11.3. The second kappa shape index (κ2) is 11.3. The Hall–Kier alpha value is -2.55. The Bertz CT molecular complexity index is 2010. The number of thiol groups is 1. The molecule has 2 unspecified atom stereocenters. The van der Waals surface area contributed by atoms with Crippen molar-refractivity contribution in [2.75, 3.05) is 25.1 Å². The number of H-pyrrole nitrogens is 2. The first-order chi connectivity index (χ1) is 21.3. The van der Waals surface area contributed by atoms with Crippen LogP contribution in [0, 0.1) is 5.92 Å². The molecule has 0 saturated carbocycles. The number of aliphatic hydroxyl groups excluding tert-OH is 1. The zero-order valence-corrected chi connectivity index (χ0v) is 26.3. The zero-order chi connectivity index (χ0) is 31.8. The van der Waals surface area contributed by atoms with E-state index in [9.17, 15) is 19.6 Å². The van der Waals surface area contributed by atoms with E-state index in [4.69, 9.17) is 40.6 Å². The number of nitrogen functional groups attached to an aromatic ring is 1. The lowest BCUT2D eigenvalue weighted by molar-refractivity contribution is -0.0463. The smallest absolute Gasteiger partial charge is 0.280 e. The molecule has 6 N–H and O–H groups in total. The van der Waals surface area contributed by atoms with Gasteiger partial charge in [-0.05, 0) is 18.1 Å². The number of nitrogens with zero attached hydrogens (tertiary/aromatic N) is 6. The molecule has 4 aromatic rings. The number of anilines is 1. The number of rotatable bonds is 2. The normalized spacial score (nSPS) is 37.7. The van der Waals surface area contributed by atoms with Crippen LogP contribution in [0.15, 0.2) is 28.6 Å². The number of alkyl halides is 1. The predicted molar refractivity (Wildman–Crippen MR) is 164 cm³/mol. The van der Waals surface area contributed by atoms with Gasteiger partial charge >= 0.3 is 0 Å². The second-order valence-corrected chi connectivity index (χ2v) is 17.9. The van der Waals surface area contributed by atoms with Crippen LogP contribution in [-0.4, -0.2) is 105 Å². The van der Waals surface area contributed by atoms with Crippen LogP contribution >= 0.6 is 25.3 Å². The van der Waals surface area contributed by atoms with E-state index >= 15 is 4.39 Å². The third kappa shape index (κ3) is 5.59. The standard InChI is InChI=1S/C22H26FN9O9P2S2/c1-42(44)37-2-9-14(33)8(20(39-9)32-7-28-13-17(32)29-22(24)30-19(13)35)4-43(36,45)38-3-10-15(41-42)11(23)21(40-10)31-6-27-12-16(31)25-5-26-18(12)34/h5-11,14-15,20-21,33,44H,1-4H2,(H,36,45)(H,25,26,34)(H3,24,29,30,35)/t8-,9-,10-,11+,14+,15-,20-,21-,42?,43?/m1/s1. The summed E-state index contributed by atoms with van der Waals surface area (Å²) in [6.45, 7) is -7.85. The second-order valence-electron chi connectivity index (χ2n) is 10.7. The minimum Gasteiger partial charge on any atom is -0.390 e. The van der Waals surface area contributed by atoms with Gasteiger partial charge in [0.1, 0.15) is 24.5 Å².